The van der Waals surface area contributed by atoms with Crippen LogP contribution in [0.15, 0.2) is 108 Å². The first-order valence-electron chi connectivity index (χ1n) is 11.3. The fourth-order valence-electron chi connectivity index (χ4n) is 3.58. The highest BCUT2D eigenvalue weighted by Crippen LogP contribution is 2.24. The number of ether oxygens (including phenoxy) is 1. The molecule has 0 aromatic heterocycles. The van der Waals surface area contributed by atoms with E-state index in [9.17, 15) is 23.3 Å². The Kier molecular flexibility index (Phi) is 7.83. The van der Waals surface area contributed by atoms with E-state index in [2.05, 4.69) is 10.0 Å². The van der Waals surface area contributed by atoms with Gasteiger partial charge in [0.2, 0.25) is 0 Å². The van der Waals surface area contributed by atoms with E-state index in [4.69, 9.17) is 4.74 Å². The topological polar surface area (TPSA) is 128 Å². The number of sulfonamides is 1. The van der Waals surface area contributed by atoms with Crippen molar-refractivity contribution < 1.29 is 22.9 Å². The van der Waals surface area contributed by atoms with Crippen LogP contribution in [0.2, 0.25) is 0 Å². The molecule has 192 valence electrons. The number of rotatable bonds is 9. The molecule has 0 unspecified atom stereocenters. The third-order valence-corrected chi connectivity index (χ3v) is 6.88. The zero-order chi connectivity index (χ0) is 27.1. The zero-order valence-corrected chi connectivity index (χ0v) is 21.0. The molecule has 0 aliphatic heterocycles. The predicted octanol–water partition coefficient (Wildman–Crippen LogP) is 5.58. The fourth-order valence-corrected chi connectivity index (χ4v) is 4.64. The minimum Gasteiger partial charge on any atom is -0.497 e. The van der Waals surface area contributed by atoms with Gasteiger partial charge in [0, 0.05) is 29.1 Å². The maximum absolute atomic E-state index is 13.3. The second-order valence-electron chi connectivity index (χ2n) is 8.09. The van der Waals surface area contributed by atoms with Crippen molar-refractivity contribution in [3.05, 3.63) is 124 Å². The van der Waals surface area contributed by atoms with E-state index >= 15 is 0 Å². The number of carbonyl (C=O) groups is 1. The van der Waals surface area contributed by atoms with Crippen LogP contribution in [-0.4, -0.2) is 26.4 Å². The predicted molar refractivity (Wildman–Crippen MR) is 146 cm³/mol. The second kappa shape index (κ2) is 11.4. The molecule has 2 N–H and O–H groups in total. The number of hydrogen-bond donors (Lipinski definition) is 2. The molecule has 0 saturated carbocycles. The van der Waals surface area contributed by atoms with Crippen LogP contribution in [-0.2, 0) is 14.8 Å². The Labute approximate surface area is 219 Å². The largest absolute Gasteiger partial charge is 0.497 e. The Morgan fingerprint density at radius 2 is 1.53 bits per heavy atom. The van der Waals surface area contributed by atoms with Gasteiger partial charge in [0.15, 0.2) is 0 Å². The summed E-state index contributed by atoms with van der Waals surface area (Å²) in [5.74, 6) is 0.136. The lowest BCUT2D eigenvalue weighted by atomic mass is 10.0. The molecule has 10 heteroatoms. The summed E-state index contributed by atoms with van der Waals surface area (Å²) in [6.45, 7) is 0. The fraction of sp³-hybridized carbons (Fsp3) is 0.0357. The molecule has 0 radical (unpaired) electrons. The van der Waals surface area contributed by atoms with Gasteiger partial charge in [-0.3, -0.25) is 19.6 Å². The molecule has 4 aromatic rings. The molecule has 0 atom stereocenters. The molecule has 1 amide bonds. The van der Waals surface area contributed by atoms with Gasteiger partial charge in [0.05, 0.1) is 16.9 Å². The molecule has 0 aliphatic rings. The van der Waals surface area contributed by atoms with E-state index in [1.54, 1.807) is 66.7 Å². The number of anilines is 2. The van der Waals surface area contributed by atoms with Crippen molar-refractivity contribution in [2.75, 3.05) is 17.1 Å². The van der Waals surface area contributed by atoms with Gasteiger partial charge >= 0.3 is 0 Å². The van der Waals surface area contributed by atoms with Crippen LogP contribution in [0.3, 0.4) is 0 Å². The summed E-state index contributed by atoms with van der Waals surface area (Å²) in [6.07, 6.45) is 1.56. The van der Waals surface area contributed by atoms with E-state index in [0.29, 0.717) is 28.3 Å². The van der Waals surface area contributed by atoms with Crippen molar-refractivity contribution >= 4 is 44.6 Å². The molecule has 4 rings (SSSR count). The monoisotopic (exact) mass is 529 g/mol. The molecule has 0 bridgehead atoms. The number of nitrogens with one attached hydrogen (secondary N) is 2. The SMILES string of the molecule is COc1ccc(NS(=O)(=O)c2ccc(NC(=O)/C(=C/c3cccc([N+](=O)[O-])c3)c3ccccc3)cc2)cc1. The quantitative estimate of drug-likeness (QED) is 0.126. The third-order valence-electron chi connectivity index (χ3n) is 5.49. The zero-order valence-electron chi connectivity index (χ0n) is 20.2. The molecule has 0 heterocycles. The van der Waals surface area contributed by atoms with Crippen molar-refractivity contribution in [1.82, 2.24) is 0 Å². The van der Waals surface area contributed by atoms with E-state index in [0.717, 1.165) is 0 Å². The number of methoxy groups -OCH3 is 1. The minimum absolute atomic E-state index is 0.0155. The van der Waals surface area contributed by atoms with Gasteiger partial charge in [0.1, 0.15) is 5.75 Å². The highest BCUT2D eigenvalue weighted by atomic mass is 32.2. The average Bonchev–Trinajstić information content (AvgIpc) is 2.93. The van der Waals surface area contributed by atoms with Gasteiger partial charge < -0.3 is 10.1 Å². The Morgan fingerprint density at radius 3 is 2.16 bits per heavy atom. The van der Waals surface area contributed by atoms with Gasteiger partial charge in [-0.25, -0.2) is 8.42 Å². The van der Waals surface area contributed by atoms with Crippen molar-refractivity contribution in [2.45, 2.75) is 4.90 Å². The van der Waals surface area contributed by atoms with Crippen LogP contribution < -0.4 is 14.8 Å². The van der Waals surface area contributed by atoms with E-state index in [1.165, 1.54) is 43.5 Å². The number of nitrogens with zero attached hydrogens (tertiary/aromatic N) is 1. The molecule has 38 heavy (non-hydrogen) atoms. The Bertz CT molecular complexity index is 1580. The van der Waals surface area contributed by atoms with E-state index in [-0.39, 0.29) is 16.2 Å². The van der Waals surface area contributed by atoms with Gasteiger partial charge in [-0.05, 0) is 65.7 Å². The Hall–Kier alpha value is -4.96. The van der Waals surface area contributed by atoms with Crippen LogP contribution >= 0.6 is 0 Å². The summed E-state index contributed by atoms with van der Waals surface area (Å²) in [5.41, 5.74) is 2.04. The number of carbonyl (C=O) groups excluding carboxylic acids is 1. The summed E-state index contributed by atoms with van der Waals surface area (Å²) in [7, 11) is -2.34. The van der Waals surface area contributed by atoms with Crippen LogP contribution in [0, 0.1) is 10.1 Å². The molecule has 4 aromatic carbocycles. The van der Waals surface area contributed by atoms with Gasteiger partial charge in [-0.15, -0.1) is 0 Å². The van der Waals surface area contributed by atoms with Crippen LogP contribution in [0.1, 0.15) is 11.1 Å². The number of nitro benzene ring substituents is 1. The smallest absolute Gasteiger partial charge is 0.270 e. The first kappa shape index (κ1) is 26.1. The van der Waals surface area contributed by atoms with Gasteiger partial charge in [0.25, 0.3) is 21.6 Å². The second-order valence-corrected chi connectivity index (χ2v) is 9.77. The summed E-state index contributed by atoms with van der Waals surface area (Å²) >= 11 is 0. The van der Waals surface area contributed by atoms with Crippen molar-refractivity contribution in [2.24, 2.45) is 0 Å². The maximum atomic E-state index is 13.3. The van der Waals surface area contributed by atoms with E-state index < -0.39 is 20.9 Å². The van der Waals surface area contributed by atoms with Crippen LogP contribution in [0.25, 0.3) is 11.6 Å². The lowest BCUT2D eigenvalue weighted by molar-refractivity contribution is -0.384. The maximum Gasteiger partial charge on any atom is 0.270 e. The first-order chi connectivity index (χ1) is 18.2. The Morgan fingerprint density at radius 1 is 0.868 bits per heavy atom. The van der Waals surface area contributed by atoms with Crippen molar-refractivity contribution in [3.63, 3.8) is 0 Å². The van der Waals surface area contributed by atoms with Crippen LogP contribution in [0.5, 0.6) is 5.75 Å². The average molecular weight is 530 g/mol. The lowest BCUT2D eigenvalue weighted by Crippen LogP contribution is -2.15. The van der Waals surface area contributed by atoms with Crippen LogP contribution in [0.4, 0.5) is 17.1 Å². The summed E-state index contributed by atoms with van der Waals surface area (Å²) in [4.78, 5) is 23.9. The van der Waals surface area contributed by atoms with Gasteiger partial charge in [-0.2, -0.15) is 0 Å². The normalized spacial score (nSPS) is 11.4. The summed E-state index contributed by atoms with van der Waals surface area (Å²) in [6, 6.07) is 27.0. The molecule has 0 fully saturated rings. The Balaban J connectivity index is 1.55. The van der Waals surface area contributed by atoms with Crippen molar-refractivity contribution in [1.29, 1.82) is 0 Å². The molecule has 0 saturated heterocycles. The number of nitro groups is 1. The number of hydrogen-bond acceptors (Lipinski definition) is 6. The van der Waals surface area contributed by atoms with Crippen molar-refractivity contribution in [3.8, 4) is 5.75 Å². The minimum atomic E-state index is -3.86. The lowest BCUT2D eigenvalue weighted by Gasteiger charge is -2.12. The number of amides is 1. The number of benzene rings is 4. The number of non-ortho nitro benzene ring substituents is 1. The highest BCUT2D eigenvalue weighted by Gasteiger charge is 2.17. The highest BCUT2D eigenvalue weighted by molar-refractivity contribution is 7.92. The first-order valence-corrected chi connectivity index (χ1v) is 12.8. The molecule has 0 spiro atoms. The summed E-state index contributed by atoms with van der Waals surface area (Å²) < 4.78 is 33.1. The van der Waals surface area contributed by atoms with E-state index in [1.807, 2.05) is 6.07 Å². The molecular weight excluding hydrogens is 506 g/mol. The van der Waals surface area contributed by atoms with Gasteiger partial charge in [-0.1, -0.05) is 42.5 Å². The molecule has 0 aliphatic carbocycles. The third kappa shape index (κ3) is 6.42. The standard InChI is InChI=1S/C28H23N3O6S/c1-37-25-14-10-23(11-15-25)30-38(35,36)26-16-12-22(13-17-26)29-28(32)27(21-7-3-2-4-8-21)19-20-6-5-9-24(18-20)31(33)34/h2-19,30H,1H3,(H,29,32)/b27-19+. The molecular formula is C28H23N3O6S. The molecule has 9 nitrogen and oxygen atoms in total. The summed E-state index contributed by atoms with van der Waals surface area (Å²) in [5, 5.41) is 13.9.